The molecular formula is C16H19N3O3. The number of aromatic nitrogens is 2. The third-order valence-corrected chi connectivity index (χ3v) is 3.27. The van der Waals surface area contributed by atoms with Crippen molar-refractivity contribution in [1.82, 2.24) is 15.3 Å². The van der Waals surface area contributed by atoms with Crippen LogP contribution in [0.5, 0.6) is 11.5 Å². The molecule has 2 aromatic rings. The van der Waals surface area contributed by atoms with E-state index in [1.807, 2.05) is 18.2 Å². The van der Waals surface area contributed by atoms with E-state index in [0.717, 1.165) is 17.1 Å². The number of hydrogen-bond donors (Lipinski definition) is 1. The molecule has 0 unspecified atom stereocenters. The van der Waals surface area contributed by atoms with E-state index < -0.39 is 0 Å². The predicted octanol–water partition coefficient (Wildman–Crippen LogP) is 1.77. The first-order valence-corrected chi connectivity index (χ1v) is 6.90. The second kappa shape index (κ2) is 7.40. The van der Waals surface area contributed by atoms with Crippen molar-refractivity contribution >= 4 is 5.91 Å². The van der Waals surface area contributed by atoms with Gasteiger partial charge in [0, 0.05) is 18.8 Å². The summed E-state index contributed by atoms with van der Waals surface area (Å²) in [6.45, 7) is 2.28. The van der Waals surface area contributed by atoms with Crippen LogP contribution in [0.4, 0.5) is 0 Å². The molecule has 22 heavy (non-hydrogen) atoms. The first-order chi connectivity index (χ1) is 10.6. The highest BCUT2D eigenvalue weighted by Gasteiger charge is 2.09. The molecule has 6 nitrogen and oxygen atoms in total. The summed E-state index contributed by atoms with van der Waals surface area (Å²) in [6, 6.07) is 5.66. The normalized spacial score (nSPS) is 10.1. The highest BCUT2D eigenvalue weighted by molar-refractivity contribution is 5.94. The lowest BCUT2D eigenvalue weighted by Gasteiger charge is -2.09. The van der Waals surface area contributed by atoms with Crippen LogP contribution >= 0.6 is 0 Å². The van der Waals surface area contributed by atoms with Crippen molar-refractivity contribution in [3.05, 3.63) is 47.5 Å². The quantitative estimate of drug-likeness (QED) is 0.880. The Morgan fingerprint density at radius 1 is 1.18 bits per heavy atom. The van der Waals surface area contributed by atoms with Crippen molar-refractivity contribution in [1.29, 1.82) is 0 Å². The number of methoxy groups -OCH3 is 2. The van der Waals surface area contributed by atoms with Crippen molar-refractivity contribution in [3.8, 4) is 11.5 Å². The summed E-state index contributed by atoms with van der Waals surface area (Å²) in [7, 11) is 3.22. The van der Waals surface area contributed by atoms with E-state index in [-0.39, 0.29) is 5.91 Å². The van der Waals surface area contributed by atoms with E-state index in [2.05, 4.69) is 15.3 Å². The van der Waals surface area contributed by atoms with E-state index >= 15 is 0 Å². The van der Waals surface area contributed by atoms with Crippen LogP contribution in [0.1, 0.15) is 21.6 Å². The number of nitrogens with zero attached hydrogens (tertiary/aromatic N) is 2. The molecule has 116 valence electrons. The first kappa shape index (κ1) is 15.8. The minimum Gasteiger partial charge on any atom is -0.497 e. The number of amides is 1. The molecule has 6 heteroatoms. The van der Waals surface area contributed by atoms with Crippen LogP contribution in [0.3, 0.4) is 0 Å². The molecule has 1 heterocycles. The topological polar surface area (TPSA) is 73.3 Å². The van der Waals surface area contributed by atoms with E-state index in [9.17, 15) is 4.79 Å². The smallest absolute Gasteiger partial charge is 0.254 e. The Kier molecular flexibility index (Phi) is 5.30. The molecule has 1 aromatic heterocycles. The summed E-state index contributed by atoms with van der Waals surface area (Å²) in [4.78, 5) is 19.9. The Hall–Kier alpha value is -2.63. The van der Waals surface area contributed by atoms with Crippen LogP contribution in [0, 0.1) is 6.92 Å². The van der Waals surface area contributed by atoms with Crippen molar-refractivity contribution in [2.24, 2.45) is 0 Å². The third kappa shape index (κ3) is 3.94. The highest BCUT2D eigenvalue weighted by Crippen LogP contribution is 2.22. The van der Waals surface area contributed by atoms with Crippen molar-refractivity contribution < 1.29 is 14.3 Å². The van der Waals surface area contributed by atoms with E-state index in [0.29, 0.717) is 24.2 Å². The summed E-state index contributed by atoms with van der Waals surface area (Å²) in [6.07, 6.45) is 3.62. The Morgan fingerprint density at radius 2 is 1.86 bits per heavy atom. The van der Waals surface area contributed by atoms with Crippen LogP contribution in [-0.2, 0) is 6.42 Å². The number of carbonyl (C=O) groups is 1. The van der Waals surface area contributed by atoms with Gasteiger partial charge in [0.25, 0.3) is 5.91 Å². The molecule has 2 rings (SSSR count). The number of ether oxygens (including phenoxy) is 2. The zero-order chi connectivity index (χ0) is 15.9. The first-order valence-electron chi connectivity index (χ1n) is 6.90. The molecule has 1 aromatic carbocycles. The van der Waals surface area contributed by atoms with Gasteiger partial charge in [0.1, 0.15) is 17.8 Å². The van der Waals surface area contributed by atoms with Crippen LogP contribution in [0.15, 0.2) is 30.7 Å². The lowest BCUT2D eigenvalue weighted by Crippen LogP contribution is -2.26. The number of carbonyl (C=O) groups excluding carboxylic acids is 1. The lowest BCUT2D eigenvalue weighted by atomic mass is 10.1. The maximum Gasteiger partial charge on any atom is 0.254 e. The van der Waals surface area contributed by atoms with Gasteiger partial charge in [-0.2, -0.15) is 0 Å². The van der Waals surface area contributed by atoms with Gasteiger partial charge in [-0.05, 0) is 31.0 Å². The fraction of sp³-hybridized carbons (Fsp3) is 0.312. The Morgan fingerprint density at radius 3 is 2.45 bits per heavy atom. The maximum absolute atomic E-state index is 12.1. The third-order valence-electron chi connectivity index (χ3n) is 3.27. The molecule has 0 aliphatic carbocycles. The van der Waals surface area contributed by atoms with Crippen LogP contribution in [0.25, 0.3) is 0 Å². The minimum atomic E-state index is -0.173. The van der Waals surface area contributed by atoms with E-state index in [4.69, 9.17) is 9.47 Å². The summed E-state index contributed by atoms with van der Waals surface area (Å²) < 4.78 is 10.5. The van der Waals surface area contributed by atoms with Gasteiger partial charge in [0.15, 0.2) is 0 Å². The zero-order valence-electron chi connectivity index (χ0n) is 12.9. The molecule has 0 aliphatic heterocycles. The standard InChI is InChI=1S/C16H19N3O3/c1-11-15(9-17-10-19-11)16(20)18-5-4-12-6-13(21-2)8-14(7-12)22-3/h6-10H,4-5H2,1-3H3,(H,18,20). The van der Waals surface area contributed by atoms with Crippen molar-refractivity contribution in [2.45, 2.75) is 13.3 Å². The molecule has 1 amide bonds. The molecule has 0 atom stereocenters. The summed E-state index contributed by atoms with van der Waals surface area (Å²) in [5.41, 5.74) is 2.18. The summed E-state index contributed by atoms with van der Waals surface area (Å²) >= 11 is 0. The fourth-order valence-corrected chi connectivity index (χ4v) is 2.04. The number of hydrogen-bond acceptors (Lipinski definition) is 5. The van der Waals surface area contributed by atoms with Gasteiger partial charge in [-0.15, -0.1) is 0 Å². The Balaban J connectivity index is 1.96. The average molecular weight is 301 g/mol. The van der Waals surface area contributed by atoms with E-state index in [1.54, 1.807) is 21.1 Å². The Bertz CT molecular complexity index is 637. The second-order valence-corrected chi connectivity index (χ2v) is 4.75. The molecule has 1 N–H and O–H groups in total. The van der Waals surface area contributed by atoms with Crippen LogP contribution in [-0.4, -0.2) is 36.6 Å². The molecule has 0 saturated heterocycles. The van der Waals surface area contributed by atoms with E-state index in [1.165, 1.54) is 12.5 Å². The van der Waals surface area contributed by atoms with Gasteiger partial charge in [-0.1, -0.05) is 0 Å². The predicted molar refractivity (Wildman–Crippen MR) is 82.4 cm³/mol. The van der Waals surface area contributed by atoms with Crippen molar-refractivity contribution in [3.63, 3.8) is 0 Å². The van der Waals surface area contributed by atoms with Gasteiger partial charge in [-0.3, -0.25) is 4.79 Å². The summed E-state index contributed by atoms with van der Waals surface area (Å²) in [5, 5.41) is 2.86. The maximum atomic E-state index is 12.1. The van der Waals surface area contributed by atoms with Crippen LogP contribution in [0.2, 0.25) is 0 Å². The fourth-order valence-electron chi connectivity index (χ4n) is 2.04. The molecular weight excluding hydrogens is 282 g/mol. The monoisotopic (exact) mass is 301 g/mol. The molecule has 0 saturated carbocycles. The van der Waals surface area contributed by atoms with Gasteiger partial charge in [0.2, 0.25) is 0 Å². The molecule has 0 aliphatic rings. The van der Waals surface area contributed by atoms with Crippen LogP contribution < -0.4 is 14.8 Å². The second-order valence-electron chi connectivity index (χ2n) is 4.75. The number of rotatable bonds is 6. The highest BCUT2D eigenvalue weighted by atomic mass is 16.5. The average Bonchev–Trinajstić information content (AvgIpc) is 2.54. The van der Waals surface area contributed by atoms with Gasteiger partial charge in [0.05, 0.1) is 25.5 Å². The Labute approximate surface area is 129 Å². The lowest BCUT2D eigenvalue weighted by molar-refractivity contribution is 0.0952. The number of aryl methyl sites for hydroxylation is 1. The van der Waals surface area contributed by atoms with Gasteiger partial charge < -0.3 is 14.8 Å². The van der Waals surface area contributed by atoms with Crippen molar-refractivity contribution in [2.75, 3.05) is 20.8 Å². The molecule has 0 radical (unpaired) electrons. The zero-order valence-corrected chi connectivity index (χ0v) is 12.9. The number of nitrogens with one attached hydrogen (secondary N) is 1. The van der Waals surface area contributed by atoms with Gasteiger partial charge >= 0.3 is 0 Å². The number of benzene rings is 1. The summed E-state index contributed by atoms with van der Waals surface area (Å²) in [5.74, 6) is 1.29. The molecule has 0 spiro atoms. The minimum absolute atomic E-state index is 0.173. The van der Waals surface area contributed by atoms with Gasteiger partial charge in [-0.25, -0.2) is 9.97 Å². The molecule has 0 fully saturated rings. The molecule has 0 bridgehead atoms. The SMILES string of the molecule is COc1cc(CCNC(=O)c2cncnc2C)cc(OC)c1. The largest absolute Gasteiger partial charge is 0.497 e.